The van der Waals surface area contributed by atoms with Gasteiger partial charge in [0, 0.05) is 39.0 Å². The number of alkyl carbamates (subject to hydrolysis) is 1. The smallest absolute Gasteiger partial charge is 0.410 e. The van der Waals surface area contributed by atoms with Crippen LogP contribution in [0.1, 0.15) is 176 Å². The van der Waals surface area contributed by atoms with Gasteiger partial charge in [0.05, 0.1) is 13.2 Å². The molecule has 0 fully saturated rings. The van der Waals surface area contributed by atoms with Crippen molar-refractivity contribution in [2.75, 3.05) is 53.5 Å². The van der Waals surface area contributed by atoms with E-state index in [2.05, 4.69) is 141 Å². The quantitative estimate of drug-likeness (QED) is 0.0275. The first kappa shape index (κ1) is 66.8. The second-order valence-corrected chi connectivity index (χ2v) is 18.9. The first-order valence-electron chi connectivity index (χ1n) is 27.3. The third-order valence-electron chi connectivity index (χ3n) is 10.6. The molecule has 1 N–H and O–H groups in total. The SMILES string of the molecule is CC/C=C\C/C=C\C/C=C\C/C=C\C/C=C\CCCC(=O)OCCCCC(CCCCOC(=O)CCC/C=C\C/C=C\C/C=C\C/C=C\C/C=C\CC)OC(=O)NCCN(CCN(C)C)C(=O)OC(C)(C)C. The monoisotopic (exact) mass is 1000 g/mol. The second kappa shape index (κ2) is 49.4. The molecule has 0 radical (unpaired) electrons. The number of carbonyl (C=O) groups is 4. The molecule has 0 aliphatic rings. The van der Waals surface area contributed by atoms with Gasteiger partial charge in [-0.3, -0.25) is 9.59 Å². The summed E-state index contributed by atoms with van der Waals surface area (Å²) in [4.78, 5) is 54.2. The number of unbranched alkanes of at least 4 members (excludes halogenated alkanes) is 4. The van der Waals surface area contributed by atoms with E-state index in [0.29, 0.717) is 77.7 Å². The number of allylic oxidation sites excluding steroid dienone is 20. The summed E-state index contributed by atoms with van der Waals surface area (Å²) in [5.41, 5.74) is -0.640. The van der Waals surface area contributed by atoms with Crippen molar-refractivity contribution in [3.63, 3.8) is 0 Å². The Balaban J connectivity index is 4.73. The standard InChI is InChI=1S/C61H99N3O8/c1-8-10-12-14-16-18-20-22-24-26-28-30-32-34-36-38-40-48-57(65)69-54-44-42-46-56(71-59(67)62-50-51-64(53-52-63(6)7)60(68)72-61(3,4)5)47-43-45-55-70-58(66)49-41-39-37-35-33-31-29-27-25-23-21-19-17-15-13-11-9-2/h10-13,16-19,22-25,28-31,34-37,56H,8-9,14-15,20-21,26-27,32-33,38-55H2,1-7H3,(H,62,67)/b12-10-,13-11-,18-16-,19-17-,24-22-,25-23-,30-28-,31-29-,36-34-,37-35-. The number of hydrogen-bond donors (Lipinski definition) is 1. The van der Waals surface area contributed by atoms with Gasteiger partial charge in [0.15, 0.2) is 0 Å². The molecule has 0 unspecified atom stereocenters. The summed E-state index contributed by atoms with van der Waals surface area (Å²) in [6.45, 7) is 11.9. The van der Waals surface area contributed by atoms with E-state index in [1.54, 1.807) is 4.90 Å². The number of rotatable bonds is 43. The van der Waals surface area contributed by atoms with E-state index in [0.717, 1.165) is 89.9 Å². The Hall–Kier alpha value is -5.16. The Morgan fingerprint density at radius 2 is 0.861 bits per heavy atom. The third kappa shape index (κ3) is 49.8. The van der Waals surface area contributed by atoms with Crippen LogP contribution >= 0.6 is 0 Å². The van der Waals surface area contributed by atoms with Crippen molar-refractivity contribution in [2.45, 2.75) is 188 Å². The highest BCUT2D eigenvalue weighted by Gasteiger charge is 2.22. The van der Waals surface area contributed by atoms with Gasteiger partial charge in [0.2, 0.25) is 0 Å². The van der Waals surface area contributed by atoms with Crippen molar-refractivity contribution in [3.05, 3.63) is 122 Å². The number of nitrogens with zero attached hydrogens (tertiary/aromatic N) is 2. The summed E-state index contributed by atoms with van der Waals surface area (Å²) in [6, 6.07) is 0. The predicted molar refractivity (Wildman–Crippen MR) is 301 cm³/mol. The molecule has 0 atom stereocenters. The van der Waals surface area contributed by atoms with Gasteiger partial charge in [0.25, 0.3) is 0 Å². The van der Waals surface area contributed by atoms with E-state index in [1.807, 2.05) is 39.8 Å². The van der Waals surface area contributed by atoms with Crippen molar-refractivity contribution in [2.24, 2.45) is 0 Å². The highest BCUT2D eigenvalue weighted by atomic mass is 16.6. The highest BCUT2D eigenvalue weighted by molar-refractivity contribution is 5.70. The minimum atomic E-state index is -0.640. The molecule has 0 aromatic heterocycles. The fourth-order valence-electron chi connectivity index (χ4n) is 6.62. The van der Waals surface area contributed by atoms with Crippen LogP contribution in [0.3, 0.4) is 0 Å². The third-order valence-corrected chi connectivity index (χ3v) is 10.6. The van der Waals surface area contributed by atoms with E-state index in [-0.39, 0.29) is 31.1 Å². The van der Waals surface area contributed by atoms with Crippen LogP contribution in [0.15, 0.2) is 122 Å². The van der Waals surface area contributed by atoms with Crippen molar-refractivity contribution in [1.82, 2.24) is 15.1 Å². The zero-order valence-corrected chi connectivity index (χ0v) is 46.1. The molecule has 406 valence electrons. The fraction of sp³-hybridized carbons (Fsp3) is 0.607. The number of carbonyl (C=O) groups excluding carboxylic acids is 4. The Bertz CT molecular complexity index is 1590. The highest BCUT2D eigenvalue weighted by Crippen LogP contribution is 2.15. The molecule has 0 aromatic carbocycles. The van der Waals surface area contributed by atoms with Crippen molar-refractivity contribution in [3.8, 4) is 0 Å². The summed E-state index contributed by atoms with van der Waals surface area (Å²) >= 11 is 0. The van der Waals surface area contributed by atoms with Gasteiger partial charge in [0.1, 0.15) is 11.7 Å². The lowest BCUT2D eigenvalue weighted by Crippen LogP contribution is -2.44. The Labute approximate surface area is 438 Å². The van der Waals surface area contributed by atoms with E-state index < -0.39 is 17.8 Å². The number of amides is 2. The average molecular weight is 1000 g/mol. The van der Waals surface area contributed by atoms with Crippen LogP contribution in [0.4, 0.5) is 9.59 Å². The molecule has 0 bridgehead atoms. The second-order valence-electron chi connectivity index (χ2n) is 18.9. The lowest BCUT2D eigenvalue weighted by atomic mass is 10.1. The normalized spacial score (nSPS) is 12.7. The van der Waals surface area contributed by atoms with Crippen LogP contribution in [0.25, 0.3) is 0 Å². The van der Waals surface area contributed by atoms with Crippen molar-refractivity contribution >= 4 is 24.1 Å². The first-order chi connectivity index (χ1) is 34.9. The zero-order chi connectivity index (χ0) is 53.0. The minimum absolute atomic E-state index is 0.201. The first-order valence-corrected chi connectivity index (χ1v) is 27.3. The van der Waals surface area contributed by atoms with Crippen LogP contribution in [0.2, 0.25) is 0 Å². The maximum atomic E-state index is 13.0. The predicted octanol–water partition coefficient (Wildman–Crippen LogP) is 15.2. The lowest BCUT2D eigenvalue weighted by molar-refractivity contribution is -0.144. The topological polar surface area (TPSA) is 124 Å². The molecule has 2 amide bonds. The minimum Gasteiger partial charge on any atom is -0.466 e. The van der Waals surface area contributed by atoms with E-state index in [4.69, 9.17) is 18.9 Å². The van der Waals surface area contributed by atoms with E-state index >= 15 is 0 Å². The molecule has 11 heteroatoms. The number of nitrogens with one attached hydrogen (secondary N) is 1. The largest absolute Gasteiger partial charge is 0.466 e. The maximum Gasteiger partial charge on any atom is 0.410 e. The Morgan fingerprint density at radius 1 is 0.486 bits per heavy atom. The van der Waals surface area contributed by atoms with Gasteiger partial charge in [-0.05, 0) is 163 Å². The van der Waals surface area contributed by atoms with Gasteiger partial charge < -0.3 is 34.1 Å². The lowest BCUT2D eigenvalue weighted by Gasteiger charge is -2.28. The molecular formula is C61H99N3O8. The summed E-state index contributed by atoms with van der Waals surface area (Å²) in [7, 11) is 3.87. The van der Waals surface area contributed by atoms with E-state index in [9.17, 15) is 19.2 Å². The van der Waals surface area contributed by atoms with Crippen LogP contribution in [0, 0.1) is 0 Å². The molecule has 0 aromatic rings. The van der Waals surface area contributed by atoms with Crippen molar-refractivity contribution in [1.29, 1.82) is 0 Å². The number of ether oxygens (including phenoxy) is 4. The van der Waals surface area contributed by atoms with Gasteiger partial charge in [-0.25, -0.2) is 9.59 Å². The summed E-state index contributed by atoms with van der Waals surface area (Å²) < 4.78 is 22.5. The van der Waals surface area contributed by atoms with Gasteiger partial charge in [-0.15, -0.1) is 0 Å². The summed E-state index contributed by atoms with van der Waals surface area (Å²) in [6.07, 6.45) is 59.5. The fourth-order valence-corrected chi connectivity index (χ4v) is 6.62. The summed E-state index contributed by atoms with van der Waals surface area (Å²) in [5, 5.41) is 2.80. The maximum absolute atomic E-state index is 13.0. The van der Waals surface area contributed by atoms with Crippen molar-refractivity contribution < 1.29 is 38.1 Å². The molecular weight excluding hydrogens is 903 g/mol. The molecule has 0 rings (SSSR count). The van der Waals surface area contributed by atoms with Gasteiger partial charge in [-0.2, -0.15) is 0 Å². The molecule has 0 aliphatic carbocycles. The Morgan fingerprint density at radius 3 is 1.22 bits per heavy atom. The number of likely N-dealkylation sites (N-methyl/N-ethyl adjacent to an activating group) is 1. The summed E-state index contributed by atoms with van der Waals surface area (Å²) in [5.74, 6) is -0.409. The van der Waals surface area contributed by atoms with Crippen LogP contribution in [-0.4, -0.2) is 99.1 Å². The van der Waals surface area contributed by atoms with Gasteiger partial charge >= 0.3 is 24.1 Å². The molecule has 0 aliphatic heterocycles. The molecule has 0 heterocycles. The molecule has 11 nitrogen and oxygen atoms in total. The molecule has 0 spiro atoms. The molecule has 0 saturated carbocycles. The number of esters is 2. The van der Waals surface area contributed by atoms with E-state index in [1.165, 1.54) is 0 Å². The Kier molecular flexibility index (Phi) is 45.9. The van der Waals surface area contributed by atoms with Crippen LogP contribution in [-0.2, 0) is 28.5 Å². The molecule has 72 heavy (non-hydrogen) atoms. The zero-order valence-electron chi connectivity index (χ0n) is 46.1. The average Bonchev–Trinajstić information content (AvgIpc) is 3.33. The molecule has 0 saturated heterocycles. The van der Waals surface area contributed by atoms with Crippen LogP contribution in [0.5, 0.6) is 0 Å². The van der Waals surface area contributed by atoms with Gasteiger partial charge in [-0.1, -0.05) is 135 Å². The number of hydrogen-bond acceptors (Lipinski definition) is 9. The van der Waals surface area contributed by atoms with Crippen LogP contribution < -0.4 is 5.32 Å².